The summed E-state index contributed by atoms with van der Waals surface area (Å²) in [4.78, 5) is 118. The summed E-state index contributed by atoms with van der Waals surface area (Å²) in [6.07, 6.45) is 5.22. The molecule has 3 aromatic rings. The maximum absolute atomic E-state index is 15.3. The Hall–Kier alpha value is -7.81. The maximum atomic E-state index is 15.3. The van der Waals surface area contributed by atoms with Crippen LogP contribution in [-0.2, 0) is 67.2 Å². The van der Waals surface area contributed by atoms with E-state index in [0.29, 0.717) is 78.5 Å². The molecule has 3 heterocycles. The SMILES string of the molecule is CC.CC(/C=C1/c2nc3cc(F)c(C)c4c3c(c2CN1C)C(OCNC(=O)CNC(=O)C(Cc1ccccc1)NC(=O)CNC(=O)CNC(=O)CCCCCN1C(=O)C=CC1=O)CC4)=C(/C=O)COC(=O)O. The number of pyridine rings is 1. The molecule has 2 atom stereocenters. The van der Waals surface area contributed by atoms with Gasteiger partial charge in [0.15, 0.2) is 0 Å². The molecule has 6 rings (SSSR count). The minimum atomic E-state index is -1.53. The van der Waals surface area contributed by atoms with Crippen molar-refractivity contribution in [2.24, 2.45) is 0 Å². The minimum absolute atomic E-state index is 0.0608. The Morgan fingerprint density at radius 3 is 2.26 bits per heavy atom. The van der Waals surface area contributed by atoms with Crippen LogP contribution in [-0.4, -0.2) is 126 Å². The van der Waals surface area contributed by atoms with Crippen LogP contribution in [0.3, 0.4) is 0 Å². The Morgan fingerprint density at radius 2 is 1.57 bits per heavy atom. The average molecular weight is 997 g/mol. The number of aldehydes is 1. The summed E-state index contributed by atoms with van der Waals surface area (Å²) in [5.74, 6) is -4.14. The van der Waals surface area contributed by atoms with E-state index in [1.54, 1.807) is 50.3 Å². The molecule has 0 radical (unpaired) electrons. The second-order valence-electron chi connectivity index (χ2n) is 17.0. The van der Waals surface area contributed by atoms with E-state index >= 15 is 4.39 Å². The van der Waals surface area contributed by atoms with Crippen LogP contribution in [0.25, 0.3) is 16.6 Å². The Bertz CT molecular complexity index is 2650. The quantitative estimate of drug-likeness (QED) is 0.0199. The molecule has 384 valence electrons. The van der Waals surface area contributed by atoms with E-state index in [1.165, 1.54) is 18.2 Å². The number of benzene rings is 2. The molecule has 0 spiro atoms. The first-order valence-corrected chi connectivity index (χ1v) is 23.7. The zero-order valence-corrected chi connectivity index (χ0v) is 41.0. The number of hydrogen-bond acceptors (Lipinski definition) is 13. The standard InChI is InChI=1S/C49H55FN8O12.C2H6/c1-28(31(25-59)26-69-49(67)68)18-37-47-33(24-57(37)3)46-38(14-13-32-29(2)34(50)20-35(56-47)45(32)46)70-27-54-41(62)22-53-48(66)36(19-30-10-6-4-7-11-30)55-42(63)23-52-40(61)21-51-39(60)12-8-5-9-17-58-43(64)15-16-44(58)65;1-2/h4,6-7,10-11,15-16,18,20,25,36,38H,5,8-9,12-14,17,19,21-24,26-27H2,1-3H3,(H,51,60)(H,52,61)(H,53,66)(H,54,62)(H,55,63)(H,67,68);1-2H3/b31-28+,37-18-;. The van der Waals surface area contributed by atoms with E-state index in [0.717, 1.165) is 27.0 Å². The van der Waals surface area contributed by atoms with Gasteiger partial charge in [0, 0.05) is 67.7 Å². The Balaban J connectivity index is 0.00000475. The predicted molar refractivity (Wildman–Crippen MR) is 261 cm³/mol. The van der Waals surface area contributed by atoms with E-state index in [4.69, 9.17) is 14.8 Å². The summed E-state index contributed by atoms with van der Waals surface area (Å²) in [5, 5.41) is 22.4. The van der Waals surface area contributed by atoms with Crippen molar-refractivity contribution in [3.63, 3.8) is 0 Å². The van der Waals surface area contributed by atoms with Gasteiger partial charge in [-0.1, -0.05) is 50.6 Å². The van der Waals surface area contributed by atoms with Gasteiger partial charge in [-0.3, -0.25) is 43.3 Å². The van der Waals surface area contributed by atoms with Crippen LogP contribution < -0.4 is 26.6 Å². The minimum Gasteiger partial charge on any atom is -0.450 e. The number of aromatic nitrogens is 1. The average Bonchev–Trinajstić information content (AvgIpc) is 3.86. The number of imide groups is 1. The van der Waals surface area contributed by atoms with Crippen LogP contribution in [0.15, 0.2) is 65.8 Å². The number of halogens is 1. The van der Waals surface area contributed by atoms with Crippen LogP contribution in [0.1, 0.15) is 92.5 Å². The molecule has 0 saturated carbocycles. The molecular formula is C51H61FN8O12. The second-order valence-corrected chi connectivity index (χ2v) is 17.0. The van der Waals surface area contributed by atoms with E-state index in [2.05, 4.69) is 31.3 Å². The molecule has 0 bridgehead atoms. The first-order chi connectivity index (χ1) is 34.5. The molecule has 2 aromatic carbocycles. The number of carboxylic acid groups (broad SMARTS) is 1. The van der Waals surface area contributed by atoms with Crippen LogP contribution in [0, 0.1) is 12.7 Å². The van der Waals surface area contributed by atoms with Crippen molar-refractivity contribution in [1.82, 2.24) is 41.4 Å². The highest BCUT2D eigenvalue weighted by Gasteiger charge is 2.35. The molecule has 72 heavy (non-hydrogen) atoms. The van der Waals surface area contributed by atoms with Crippen LogP contribution in [0.5, 0.6) is 0 Å². The number of ether oxygens (including phenoxy) is 2. The number of fused-ring (bicyclic) bond motifs is 2. The highest BCUT2D eigenvalue weighted by atomic mass is 19.1. The third kappa shape index (κ3) is 14.6. The topological polar surface area (TPSA) is 272 Å². The fourth-order valence-electron chi connectivity index (χ4n) is 8.40. The van der Waals surface area contributed by atoms with Crippen molar-refractivity contribution in [2.45, 2.75) is 91.3 Å². The molecule has 20 nitrogen and oxygen atoms in total. The molecule has 3 aliphatic rings. The zero-order valence-electron chi connectivity index (χ0n) is 41.0. The third-order valence-electron chi connectivity index (χ3n) is 12.1. The number of unbranched alkanes of at least 4 members (excludes halogenated alkanes) is 2. The third-order valence-corrected chi connectivity index (χ3v) is 12.1. The fourth-order valence-corrected chi connectivity index (χ4v) is 8.40. The van der Waals surface area contributed by atoms with Crippen LogP contribution >= 0.6 is 0 Å². The van der Waals surface area contributed by atoms with Crippen LogP contribution in [0.2, 0.25) is 0 Å². The smallest absolute Gasteiger partial charge is 0.450 e. The number of nitrogens with zero attached hydrogens (tertiary/aromatic N) is 3. The van der Waals surface area contributed by atoms with Gasteiger partial charge in [-0.25, -0.2) is 14.2 Å². The number of aryl methyl sites for hydroxylation is 1. The van der Waals surface area contributed by atoms with Crippen molar-refractivity contribution in [2.75, 3.05) is 46.6 Å². The van der Waals surface area contributed by atoms with Gasteiger partial charge in [-0.15, -0.1) is 0 Å². The van der Waals surface area contributed by atoms with Gasteiger partial charge in [0.2, 0.25) is 29.5 Å². The number of nitrogens with one attached hydrogen (secondary N) is 5. The molecule has 2 aliphatic heterocycles. The first-order valence-electron chi connectivity index (χ1n) is 23.7. The number of allylic oxidation sites excluding steroid dienone is 2. The lowest BCUT2D eigenvalue weighted by atomic mass is 9.83. The fraction of sp³-hybridized carbons (Fsp3) is 0.412. The Morgan fingerprint density at radius 1 is 0.903 bits per heavy atom. The van der Waals surface area contributed by atoms with E-state index < -0.39 is 79.9 Å². The molecule has 2 unspecified atom stereocenters. The van der Waals surface area contributed by atoms with Gasteiger partial charge in [-0.2, -0.15) is 0 Å². The van der Waals surface area contributed by atoms with E-state index in [9.17, 15) is 43.2 Å². The number of amides is 7. The van der Waals surface area contributed by atoms with Gasteiger partial charge < -0.3 is 46.1 Å². The molecule has 1 aromatic heterocycles. The highest BCUT2D eigenvalue weighted by molar-refractivity contribution is 6.12. The number of carbonyl (C=O) groups is 9. The summed E-state index contributed by atoms with van der Waals surface area (Å²) in [6, 6.07) is 9.07. The Kier molecular flexibility index (Phi) is 20.2. The summed E-state index contributed by atoms with van der Waals surface area (Å²) < 4.78 is 26.2. The largest absolute Gasteiger partial charge is 0.506 e. The van der Waals surface area contributed by atoms with Gasteiger partial charge in [0.25, 0.3) is 11.8 Å². The molecule has 0 fully saturated rings. The lowest BCUT2D eigenvalue weighted by Crippen LogP contribution is -2.52. The van der Waals surface area contributed by atoms with E-state index in [1.807, 2.05) is 25.8 Å². The molecule has 1 aliphatic carbocycles. The first kappa shape index (κ1) is 55.1. The van der Waals surface area contributed by atoms with Crippen molar-refractivity contribution in [3.05, 3.63) is 105 Å². The van der Waals surface area contributed by atoms with Gasteiger partial charge in [-0.05, 0) is 73.4 Å². The number of rotatable bonds is 23. The molecule has 7 amide bonds. The monoisotopic (exact) mass is 996 g/mol. The summed E-state index contributed by atoms with van der Waals surface area (Å²) in [7, 11) is 1.82. The van der Waals surface area contributed by atoms with Gasteiger partial charge >= 0.3 is 6.16 Å². The van der Waals surface area contributed by atoms with Crippen molar-refractivity contribution >= 4 is 70.4 Å². The Labute approximate surface area is 415 Å². The number of hydrogen-bond donors (Lipinski definition) is 6. The highest BCUT2D eigenvalue weighted by Crippen LogP contribution is 2.46. The number of carbonyl (C=O) groups excluding carboxylic acids is 8. The van der Waals surface area contributed by atoms with Crippen LogP contribution in [0.4, 0.5) is 9.18 Å². The predicted octanol–water partition coefficient (Wildman–Crippen LogP) is 3.34. The molecular weight excluding hydrogens is 936 g/mol. The van der Waals surface area contributed by atoms with Crippen molar-refractivity contribution < 1.29 is 62.1 Å². The normalized spacial score (nSPS) is 15.8. The lowest BCUT2D eigenvalue weighted by molar-refractivity contribution is -0.137. The summed E-state index contributed by atoms with van der Waals surface area (Å²) >= 11 is 0. The summed E-state index contributed by atoms with van der Waals surface area (Å²) in [5.41, 5.74) is 5.69. The molecule has 21 heteroatoms. The van der Waals surface area contributed by atoms with Crippen molar-refractivity contribution in [3.8, 4) is 0 Å². The molecule has 6 N–H and O–H groups in total. The van der Waals surface area contributed by atoms with Gasteiger partial charge in [0.05, 0.1) is 42.6 Å². The second kappa shape index (κ2) is 26.4. The zero-order chi connectivity index (χ0) is 52.5. The van der Waals surface area contributed by atoms with Gasteiger partial charge in [0.1, 0.15) is 31.5 Å². The lowest BCUT2D eigenvalue weighted by Gasteiger charge is -2.29. The molecule has 0 saturated heterocycles. The van der Waals surface area contributed by atoms with E-state index in [-0.39, 0.29) is 43.5 Å². The maximum Gasteiger partial charge on any atom is 0.506 e. The van der Waals surface area contributed by atoms with Crippen molar-refractivity contribution in [1.29, 1.82) is 0 Å². The summed E-state index contributed by atoms with van der Waals surface area (Å²) in [6.45, 7) is 5.92.